The van der Waals surface area contributed by atoms with Gasteiger partial charge in [0, 0.05) is 32.5 Å². The lowest BCUT2D eigenvalue weighted by atomic mass is 9.89. The highest BCUT2D eigenvalue weighted by Gasteiger charge is 2.40. The van der Waals surface area contributed by atoms with Crippen molar-refractivity contribution in [1.82, 2.24) is 9.47 Å². The van der Waals surface area contributed by atoms with Crippen LogP contribution in [0.3, 0.4) is 0 Å². The van der Waals surface area contributed by atoms with Gasteiger partial charge >= 0.3 is 12.0 Å². The molecule has 0 saturated carbocycles. The summed E-state index contributed by atoms with van der Waals surface area (Å²) in [5, 5.41) is 2.70. The maximum Gasteiger partial charge on any atom is 0.341 e. The molecule has 23 heavy (non-hydrogen) atoms. The first-order valence-electron chi connectivity index (χ1n) is 7.46. The monoisotopic (exact) mass is 322 g/mol. The number of likely N-dealkylation sites (tertiary alicyclic amines) is 1. The maximum atomic E-state index is 12.4. The molecule has 0 spiro atoms. The zero-order chi connectivity index (χ0) is 17.2. The van der Waals surface area contributed by atoms with Gasteiger partial charge in [-0.2, -0.15) is 0 Å². The minimum atomic E-state index is -0.710. The molecule has 3 N–H and O–H groups in total. The van der Waals surface area contributed by atoms with Crippen molar-refractivity contribution in [2.45, 2.75) is 20.3 Å². The van der Waals surface area contributed by atoms with Crippen molar-refractivity contribution in [3.8, 4) is 0 Å². The number of rotatable bonds is 4. The van der Waals surface area contributed by atoms with Gasteiger partial charge in [0.1, 0.15) is 5.56 Å². The Hall–Kier alpha value is -2.51. The van der Waals surface area contributed by atoms with Crippen molar-refractivity contribution in [3.05, 3.63) is 18.0 Å². The summed E-state index contributed by atoms with van der Waals surface area (Å²) >= 11 is 0. The number of nitrogens with zero attached hydrogens (tertiary/aromatic N) is 2. The van der Waals surface area contributed by atoms with E-state index in [1.54, 1.807) is 37.9 Å². The molecule has 1 aromatic heterocycles. The van der Waals surface area contributed by atoms with E-state index in [0.717, 1.165) is 0 Å². The van der Waals surface area contributed by atoms with Crippen LogP contribution in [0.4, 0.5) is 10.5 Å². The fourth-order valence-corrected chi connectivity index (χ4v) is 2.58. The molecule has 3 amide bonds. The summed E-state index contributed by atoms with van der Waals surface area (Å²) in [6.07, 6.45) is 3.74. The molecular weight excluding hydrogens is 300 g/mol. The SMILES string of the molecule is CCOC(=O)c1cn(C)cc1NC(=O)N1CCC(C)(C(N)=O)C1. The molecule has 126 valence electrons. The van der Waals surface area contributed by atoms with Crippen LogP contribution in [0, 0.1) is 5.41 Å². The Labute approximate surface area is 134 Å². The standard InChI is InChI=1S/C15H22N4O4/c1-4-23-12(20)10-7-18(3)8-11(10)17-14(22)19-6-5-15(2,9-19)13(16)21/h7-8H,4-6,9H2,1-3H3,(H2,16,21)(H,17,22). The molecule has 1 atom stereocenters. The molecule has 8 heteroatoms. The zero-order valence-electron chi connectivity index (χ0n) is 13.6. The Balaban J connectivity index is 2.10. The van der Waals surface area contributed by atoms with Crippen LogP contribution < -0.4 is 11.1 Å². The van der Waals surface area contributed by atoms with Crippen LogP contribution >= 0.6 is 0 Å². The third-order valence-electron chi connectivity index (χ3n) is 4.05. The van der Waals surface area contributed by atoms with Crippen LogP contribution in [0.25, 0.3) is 0 Å². The van der Waals surface area contributed by atoms with Gasteiger partial charge < -0.3 is 25.3 Å². The van der Waals surface area contributed by atoms with Crippen LogP contribution in [-0.4, -0.2) is 47.1 Å². The molecule has 0 bridgehead atoms. The predicted octanol–water partition coefficient (Wildman–Crippen LogP) is 0.931. The van der Waals surface area contributed by atoms with E-state index < -0.39 is 17.3 Å². The first-order valence-corrected chi connectivity index (χ1v) is 7.46. The molecule has 1 fully saturated rings. The van der Waals surface area contributed by atoms with Crippen LogP contribution in [-0.2, 0) is 16.6 Å². The van der Waals surface area contributed by atoms with Gasteiger partial charge in [-0.3, -0.25) is 4.79 Å². The second kappa shape index (κ2) is 6.31. The number of amides is 3. The molecular formula is C15H22N4O4. The number of nitrogens with one attached hydrogen (secondary N) is 1. The Morgan fingerprint density at radius 1 is 1.39 bits per heavy atom. The number of carbonyl (C=O) groups excluding carboxylic acids is 3. The largest absolute Gasteiger partial charge is 0.462 e. The van der Waals surface area contributed by atoms with Crippen molar-refractivity contribution in [1.29, 1.82) is 0 Å². The van der Waals surface area contributed by atoms with Gasteiger partial charge in [-0.25, -0.2) is 9.59 Å². The van der Waals surface area contributed by atoms with E-state index in [2.05, 4.69) is 5.32 Å². The summed E-state index contributed by atoms with van der Waals surface area (Å²) in [6.45, 7) is 4.41. The van der Waals surface area contributed by atoms with Crippen molar-refractivity contribution in [2.24, 2.45) is 18.2 Å². The minimum absolute atomic E-state index is 0.254. The van der Waals surface area contributed by atoms with Gasteiger partial charge in [0.25, 0.3) is 0 Å². The Kier molecular flexibility index (Phi) is 4.63. The second-order valence-corrected chi connectivity index (χ2v) is 6.00. The lowest BCUT2D eigenvalue weighted by Crippen LogP contribution is -2.40. The summed E-state index contributed by atoms with van der Waals surface area (Å²) in [5.74, 6) is -0.911. The first-order chi connectivity index (χ1) is 10.8. The second-order valence-electron chi connectivity index (χ2n) is 6.00. The van der Waals surface area contributed by atoms with Crippen LogP contribution in [0.15, 0.2) is 12.4 Å². The molecule has 2 rings (SSSR count). The summed E-state index contributed by atoms with van der Waals surface area (Å²) in [6, 6.07) is -0.369. The quantitative estimate of drug-likeness (QED) is 0.804. The van der Waals surface area contributed by atoms with Gasteiger partial charge in [-0.05, 0) is 20.3 Å². The highest BCUT2D eigenvalue weighted by atomic mass is 16.5. The fraction of sp³-hybridized carbons (Fsp3) is 0.533. The Morgan fingerprint density at radius 2 is 2.09 bits per heavy atom. The van der Waals surface area contributed by atoms with E-state index in [-0.39, 0.29) is 19.2 Å². The van der Waals surface area contributed by atoms with Crippen molar-refractivity contribution < 1.29 is 19.1 Å². The number of aromatic nitrogens is 1. The van der Waals surface area contributed by atoms with E-state index in [1.807, 2.05) is 0 Å². The summed E-state index contributed by atoms with van der Waals surface area (Å²) in [5.41, 5.74) is 5.34. The van der Waals surface area contributed by atoms with Crippen LogP contribution in [0.5, 0.6) is 0 Å². The lowest BCUT2D eigenvalue weighted by Gasteiger charge is -2.21. The average Bonchev–Trinajstić information content (AvgIpc) is 3.04. The zero-order valence-corrected chi connectivity index (χ0v) is 13.6. The number of hydrogen-bond donors (Lipinski definition) is 2. The highest BCUT2D eigenvalue weighted by molar-refractivity contribution is 6.01. The molecule has 2 heterocycles. The summed E-state index contributed by atoms with van der Waals surface area (Å²) in [4.78, 5) is 37.3. The molecule has 1 unspecified atom stereocenters. The topological polar surface area (TPSA) is 107 Å². The number of nitrogens with two attached hydrogens (primary N) is 1. The first kappa shape index (κ1) is 16.9. The van der Waals surface area contributed by atoms with Crippen molar-refractivity contribution >= 4 is 23.6 Å². The number of primary amides is 1. The van der Waals surface area contributed by atoms with Gasteiger partial charge in [-0.1, -0.05) is 0 Å². The van der Waals surface area contributed by atoms with E-state index in [9.17, 15) is 14.4 Å². The van der Waals surface area contributed by atoms with E-state index in [0.29, 0.717) is 24.2 Å². The molecule has 0 radical (unpaired) electrons. The smallest absolute Gasteiger partial charge is 0.341 e. The lowest BCUT2D eigenvalue weighted by molar-refractivity contribution is -0.126. The summed E-state index contributed by atoms with van der Waals surface area (Å²) < 4.78 is 6.64. The highest BCUT2D eigenvalue weighted by Crippen LogP contribution is 2.30. The normalized spacial score (nSPS) is 20.4. The number of urea groups is 1. The minimum Gasteiger partial charge on any atom is -0.462 e. The fourth-order valence-electron chi connectivity index (χ4n) is 2.58. The maximum absolute atomic E-state index is 12.4. The van der Waals surface area contributed by atoms with E-state index in [4.69, 9.17) is 10.5 Å². The molecule has 0 aromatic carbocycles. The van der Waals surface area contributed by atoms with Gasteiger partial charge in [0.2, 0.25) is 5.91 Å². The molecule has 1 aliphatic heterocycles. The number of aryl methyl sites for hydroxylation is 1. The van der Waals surface area contributed by atoms with E-state index >= 15 is 0 Å². The van der Waals surface area contributed by atoms with Gasteiger partial charge in [0.15, 0.2) is 0 Å². The third-order valence-corrected chi connectivity index (χ3v) is 4.05. The Bertz CT molecular complexity index is 639. The number of esters is 1. The predicted molar refractivity (Wildman–Crippen MR) is 83.9 cm³/mol. The Morgan fingerprint density at radius 3 is 2.65 bits per heavy atom. The van der Waals surface area contributed by atoms with Crippen LogP contribution in [0.1, 0.15) is 30.6 Å². The molecule has 1 aromatic rings. The van der Waals surface area contributed by atoms with Crippen molar-refractivity contribution in [2.75, 3.05) is 25.0 Å². The summed E-state index contributed by atoms with van der Waals surface area (Å²) in [7, 11) is 1.75. The molecule has 1 aliphatic rings. The molecule has 0 aliphatic carbocycles. The molecule has 1 saturated heterocycles. The number of hydrogen-bond acceptors (Lipinski definition) is 4. The van der Waals surface area contributed by atoms with Gasteiger partial charge in [0.05, 0.1) is 17.7 Å². The molecule has 8 nitrogen and oxygen atoms in total. The van der Waals surface area contributed by atoms with E-state index in [1.165, 1.54) is 4.90 Å². The third kappa shape index (κ3) is 3.46. The number of ether oxygens (including phenoxy) is 1. The van der Waals surface area contributed by atoms with Crippen LogP contribution in [0.2, 0.25) is 0 Å². The van der Waals surface area contributed by atoms with Gasteiger partial charge in [-0.15, -0.1) is 0 Å². The average molecular weight is 322 g/mol. The van der Waals surface area contributed by atoms with Crippen molar-refractivity contribution in [3.63, 3.8) is 0 Å². The number of carbonyl (C=O) groups is 3. The number of anilines is 1.